The van der Waals surface area contributed by atoms with Gasteiger partial charge in [-0.1, -0.05) is 31.0 Å². The monoisotopic (exact) mass is 305 g/mol. The highest BCUT2D eigenvalue weighted by molar-refractivity contribution is 5.89. The number of aromatic carboxylic acids is 1. The molecule has 1 aromatic carbocycles. The van der Waals surface area contributed by atoms with Gasteiger partial charge in [-0.3, -0.25) is 4.79 Å². The van der Waals surface area contributed by atoms with E-state index in [0.717, 1.165) is 12.8 Å². The zero-order valence-electron chi connectivity index (χ0n) is 12.7. The van der Waals surface area contributed by atoms with E-state index in [1.54, 1.807) is 24.3 Å². The summed E-state index contributed by atoms with van der Waals surface area (Å²) in [6, 6.07) is 6.79. The molecule has 22 heavy (non-hydrogen) atoms. The van der Waals surface area contributed by atoms with Gasteiger partial charge in [-0.15, -0.1) is 0 Å². The van der Waals surface area contributed by atoms with Gasteiger partial charge in [-0.05, 0) is 30.9 Å². The van der Waals surface area contributed by atoms with Crippen molar-refractivity contribution in [2.24, 2.45) is 0 Å². The van der Waals surface area contributed by atoms with Crippen molar-refractivity contribution in [1.29, 1.82) is 0 Å². The van der Waals surface area contributed by atoms with Crippen LogP contribution in [0.15, 0.2) is 24.3 Å². The Kier molecular flexibility index (Phi) is 6.40. The largest absolute Gasteiger partial charge is 0.478 e. The first-order chi connectivity index (χ1) is 10.7. The molecule has 1 aliphatic carbocycles. The molecule has 0 bridgehead atoms. The number of hydrogen-bond donors (Lipinski definition) is 2. The maximum Gasteiger partial charge on any atom is 0.335 e. The van der Waals surface area contributed by atoms with Crippen molar-refractivity contribution in [3.05, 3.63) is 35.4 Å². The van der Waals surface area contributed by atoms with Gasteiger partial charge in [0.25, 0.3) is 0 Å². The van der Waals surface area contributed by atoms with Gasteiger partial charge < -0.3 is 15.2 Å². The third kappa shape index (κ3) is 5.15. The van der Waals surface area contributed by atoms with Gasteiger partial charge >= 0.3 is 5.97 Å². The molecule has 2 N–H and O–H groups in total. The van der Waals surface area contributed by atoms with Crippen molar-refractivity contribution in [2.75, 3.05) is 13.2 Å². The molecule has 0 spiro atoms. The first-order valence-electron chi connectivity index (χ1n) is 7.86. The Labute approximate surface area is 130 Å². The molecule has 0 radical (unpaired) electrons. The fraction of sp³-hybridized carbons (Fsp3) is 0.529. The Morgan fingerprint density at radius 2 is 1.95 bits per heavy atom. The zero-order chi connectivity index (χ0) is 15.8. The number of carbonyl (C=O) groups excluding carboxylic acids is 1. The molecule has 1 saturated carbocycles. The number of aryl methyl sites for hydroxylation is 1. The lowest BCUT2D eigenvalue weighted by molar-refractivity contribution is -0.121. The van der Waals surface area contributed by atoms with Crippen molar-refractivity contribution in [3.8, 4) is 0 Å². The number of amides is 1. The maximum atomic E-state index is 11.8. The molecule has 1 fully saturated rings. The van der Waals surface area contributed by atoms with E-state index >= 15 is 0 Å². The highest BCUT2D eigenvalue weighted by Gasteiger charge is 2.15. The summed E-state index contributed by atoms with van der Waals surface area (Å²) in [5.74, 6) is -1.03. The van der Waals surface area contributed by atoms with E-state index in [1.165, 1.54) is 12.8 Å². The van der Waals surface area contributed by atoms with Gasteiger partial charge in [-0.2, -0.15) is 0 Å². The van der Waals surface area contributed by atoms with Crippen LogP contribution in [0.3, 0.4) is 0 Å². The smallest absolute Gasteiger partial charge is 0.335 e. The molecule has 1 aromatic rings. The van der Waals surface area contributed by atoms with Crippen LogP contribution in [0.25, 0.3) is 0 Å². The van der Waals surface area contributed by atoms with Gasteiger partial charge in [0.1, 0.15) is 0 Å². The minimum Gasteiger partial charge on any atom is -0.478 e. The zero-order valence-corrected chi connectivity index (χ0v) is 12.7. The SMILES string of the molecule is O=C(CCc1ccccc1C(=O)O)NCCOC1CCCC1. The topological polar surface area (TPSA) is 75.6 Å². The van der Waals surface area contributed by atoms with Crippen LogP contribution in [-0.2, 0) is 16.0 Å². The Hall–Kier alpha value is -1.88. The van der Waals surface area contributed by atoms with Crippen LogP contribution in [0.5, 0.6) is 0 Å². The normalized spacial score (nSPS) is 14.9. The van der Waals surface area contributed by atoms with Gasteiger partial charge in [0, 0.05) is 13.0 Å². The highest BCUT2D eigenvalue weighted by atomic mass is 16.5. The van der Waals surface area contributed by atoms with Crippen molar-refractivity contribution in [1.82, 2.24) is 5.32 Å². The van der Waals surface area contributed by atoms with Crippen LogP contribution in [0.1, 0.15) is 48.0 Å². The number of carboxylic acids is 1. The summed E-state index contributed by atoms with van der Waals surface area (Å²) in [7, 11) is 0. The predicted molar refractivity (Wildman–Crippen MR) is 82.9 cm³/mol. The van der Waals surface area contributed by atoms with Crippen molar-refractivity contribution in [3.63, 3.8) is 0 Å². The average molecular weight is 305 g/mol. The van der Waals surface area contributed by atoms with Gasteiger partial charge in [-0.25, -0.2) is 4.79 Å². The maximum absolute atomic E-state index is 11.8. The third-order valence-electron chi connectivity index (χ3n) is 3.95. The highest BCUT2D eigenvalue weighted by Crippen LogP contribution is 2.20. The van der Waals surface area contributed by atoms with Crippen molar-refractivity contribution >= 4 is 11.9 Å². The van der Waals surface area contributed by atoms with Crippen LogP contribution >= 0.6 is 0 Å². The second-order valence-corrected chi connectivity index (χ2v) is 5.59. The molecule has 0 aromatic heterocycles. The lowest BCUT2D eigenvalue weighted by Gasteiger charge is -2.11. The molecular weight excluding hydrogens is 282 g/mol. The van der Waals surface area contributed by atoms with Crippen LogP contribution in [-0.4, -0.2) is 36.2 Å². The molecule has 0 aliphatic heterocycles. The first-order valence-corrected chi connectivity index (χ1v) is 7.86. The number of carboxylic acid groups (broad SMARTS) is 1. The van der Waals surface area contributed by atoms with Gasteiger partial charge in [0.15, 0.2) is 0 Å². The van der Waals surface area contributed by atoms with Crippen LogP contribution < -0.4 is 5.32 Å². The summed E-state index contributed by atoms with van der Waals surface area (Å²) in [6.45, 7) is 1.05. The molecule has 1 amide bonds. The van der Waals surface area contributed by atoms with Gasteiger partial charge in [0.2, 0.25) is 5.91 Å². The standard InChI is InChI=1S/C17H23NO4/c19-16(18-11-12-22-14-6-2-3-7-14)10-9-13-5-1-4-8-15(13)17(20)21/h1,4-5,8,14H,2-3,6-7,9-12H2,(H,18,19)(H,20,21). The Bertz CT molecular complexity index is 509. The molecule has 0 atom stereocenters. The molecule has 5 nitrogen and oxygen atoms in total. The minimum absolute atomic E-state index is 0.0739. The van der Waals surface area contributed by atoms with Crippen molar-refractivity contribution in [2.45, 2.75) is 44.6 Å². The summed E-state index contributed by atoms with van der Waals surface area (Å²) in [5.41, 5.74) is 0.951. The molecule has 0 heterocycles. The molecule has 120 valence electrons. The number of hydrogen-bond acceptors (Lipinski definition) is 3. The van der Waals surface area contributed by atoms with Gasteiger partial charge in [0.05, 0.1) is 18.3 Å². The Morgan fingerprint density at radius 3 is 2.68 bits per heavy atom. The first kappa shape index (κ1) is 16.5. The second kappa shape index (κ2) is 8.54. The lowest BCUT2D eigenvalue weighted by atomic mass is 10.0. The van der Waals surface area contributed by atoms with Crippen LogP contribution in [0, 0.1) is 0 Å². The Morgan fingerprint density at radius 1 is 1.23 bits per heavy atom. The average Bonchev–Trinajstić information content (AvgIpc) is 3.03. The van der Waals surface area contributed by atoms with E-state index in [1.807, 2.05) is 0 Å². The molecule has 0 unspecified atom stereocenters. The summed E-state index contributed by atoms with van der Waals surface area (Å²) < 4.78 is 5.67. The quantitative estimate of drug-likeness (QED) is 0.723. The molecular formula is C17H23NO4. The number of carbonyl (C=O) groups is 2. The fourth-order valence-corrected chi connectivity index (χ4v) is 2.75. The second-order valence-electron chi connectivity index (χ2n) is 5.59. The number of benzene rings is 1. The van der Waals surface area contributed by atoms with E-state index in [0.29, 0.717) is 31.2 Å². The summed E-state index contributed by atoms with van der Waals surface area (Å²) in [4.78, 5) is 22.9. The number of rotatable bonds is 8. The van der Waals surface area contributed by atoms with E-state index in [2.05, 4.69) is 5.32 Å². The van der Waals surface area contributed by atoms with Crippen LogP contribution in [0.4, 0.5) is 0 Å². The van der Waals surface area contributed by atoms with Crippen molar-refractivity contribution < 1.29 is 19.4 Å². The lowest BCUT2D eigenvalue weighted by Crippen LogP contribution is -2.28. The van der Waals surface area contributed by atoms with E-state index < -0.39 is 5.97 Å². The molecule has 2 rings (SSSR count). The Balaban J connectivity index is 1.66. The summed E-state index contributed by atoms with van der Waals surface area (Å²) >= 11 is 0. The fourth-order valence-electron chi connectivity index (χ4n) is 2.75. The minimum atomic E-state index is -0.957. The molecule has 5 heteroatoms. The number of nitrogens with one attached hydrogen (secondary N) is 1. The predicted octanol–water partition coefficient (Wildman–Crippen LogP) is 2.39. The molecule has 1 aliphatic rings. The van der Waals surface area contributed by atoms with E-state index in [4.69, 9.17) is 9.84 Å². The summed E-state index contributed by atoms with van der Waals surface area (Å²) in [6.07, 6.45) is 5.80. The van der Waals surface area contributed by atoms with E-state index in [-0.39, 0.29) is 17.9 Å². The molecule has 0 saturated heterocycles. The van der Waals surface area contributed by atoms with Crippen LogP contribution in [0.2, 0.25) is 0 Å². The van der Waals surface area contributed by atoms with E-state index in [9.17, 15) is 9.59 Å². The summed E-state index contributed by atoms with van der Waals surface area (Å²) in [5, 5.41) is 11.9. The number of ether oxygens (including phenoxy) is 1. The third-order valence-corrected chi connectivity index (χ3v) is 3.95.